The highest BCUT2D eigenvalue weighted by molar-refractivity contribution is 5.21. The van der Waals surface area contributed by atoms with E-state index in [1.165, 1.54) is 25.9 Å². The average molecular weight is 175 g/mol. The molecular formula is C12H17N. The monoisotopic (exact) mass is 175 g/mol. The molecule has 1 aliphatic heterocycles. The van der Waals surface area contributed by atoms with Crippen LogP contribution in [-0.2, 0) is 0 Å². The minimum absolute atomic E-state index is 1.000. The van der Waals surface area contributed by atoms with Gasteiger partial charge in [-0.15, -0.1) is 0 Å². The molecule has 4 fully saturated rings. The van der Waals surface area contributed by atoms with E-state index in [9.17, 15) is 0 Å². The molecule has 4 aliphatic carbocycles. The third kappa shape index (κ3) is 0.698. The molecule has 5 rings (SSSR count). The Morgan fingerprint density at radius 1 is 0.769 bits per heavy atom. The van der Waals surface area contributed by atoms with E-state index in [0.717, 1.165) is 35.5 Å². The topological polar surface area (TPSA) is 12.0 Å². The second kappa shape index (κ2) is 2.20. The van der Waals surface area contributed by atoms with Crippen molar-refractivity contribution in [2.24, 2.45) is 35.5 Å². The summed E-state index contributed by atoms with van der Waals surface area (Å²) in [5.74, 6) is 6.20. The van der Waals surface area contributed by atoms with Gasteiger partial charge in [0.25, 0.3) is 0 Å². The fourth-order valence-corrected chi connectivity index (χ4v) is 4.65. The summed E-state index contributed by atoms with van der Waals surface area (Å²) in [4.78, 5) is 0. The summed E-state index contributed by atoms with van der Waals surface area (Å²) in [7, 11) is 0. The largest absolute Gasteiger partial charge is 0.316 e. The van der Waals surface area contributed by atoms with Gasteiger partial charge < -0.3 is 5.32 Å². The van der Waals surface area contributed by atoms with Gasteiger partial charge >= 0.3 is 0 Å². The van der Waals surface area contributed by atoms with Gasteiger partial charge in [-0.05, 0) is 61.4 Å². The Labute approximate surface area is 79.6 Å². The van der Waals surface area contributed by atoms with Crippen molar-refractivity contribution in [2.75, 3.05) is 13.1 Å². The van der Waals surface area contributed by atoms with E-state index in [4.69, 9.17) is 0 Å². The molecule has 1 heteroatoms. The first-order valence-electron chi connectivity index (χ1n) is 5.84. The zero-order chi connectivity index (χ0) is 8.41. The molecule has 0 amide bonds. The Hall–Kier alpha value is -0.300. The molecule has 1 heterocycles. The lowest BCUT2D eigenvalue weighted by molar-refractivity contribution is -0.0272. The maximum atomic E-state index is 3.61. The fraction of sp³-hybridized carbons (Fsp3) is 0.833. The lowest BCUT2D eigenvalue weighted by Gasteiger charge is -2.56. The van der Waals surface area contributed by atoms with E-state index in [1.54, 1.807) is 0 Å². The molecule has 5 aliphatic rings. The van der Waals surface area contributed by atoms with Crippen LogP contribution < -0.4 is 5.32 Å². The van der Waals surface area contributed by atoms with Crippen molar-refractivity contribution < 1.29 is 0 Å². The van der Waals surface area contributed by atoms with Crippen LogP contribution in [0.15, 0.2) is 12.2 Å². The third-order valence-electron chi connectivity index (χ3n) is 5.23. The number of allylic oxidation sites excluding steroid dienone is 2. The summed E-state index contributed by atoms with van der Waals surface area (Å²) in [6.07, 6.45) is 8.05. The Balaban J connectivity index is 1.78. The molecule has 1 N–H and O–H groups in total. The zero-order valence-electron chi connectivity index (χ0n) is 7.95. The minimum atomic E-state index is 1.000. The van der Waals surface area contributed by atoms with Crippen LogP contribution in [0.3, 0.4) is 0 Å². The van der Waals surface area contributed by atoms with Gasteiger partial charge in [0, 0.05) is 0 Å². The number of rotatable bonds is 0. The molecule has 70 valence electrons. The first-order chi connectivity index (χ1) is 6.45. The quantitative estimate of drug-likeness (QED) is 0.552. The van der Waals surface area contributed by atoms with Crippen molar-refractivity contribution in [2.45, 2.75) is 12.8 Å². The number of fused-ring (bicyclic) bond motifs is 1. The summed E-state index contributed by atoms with van der Waals surface area (Å²) < 4.78 is 0. The molecule has 6 atom stereocenters. The maximum Gasteiger partial charge on any atom is -0.00143 e. The van der Waals surface area contributed by atoms with Crippen molar-refractivity contribution in [1.82, 2.24) is 5.32 Å². The molecule has 6 unspecified atom stereocenters. The van der Waals surface area contributed by atoms with Crippen LogP contribution in [0.5, 0.6) is 0 Å². The number of hydrogen-bond acceptors (Lipinski definition) is 1. The highest BCUT2D eigenvalue weighted by atomic mass is 14.9. The third-order valence-corrected chi connectivity index (χ3v) is 5.23. The molecule has 2 bridgehead atoms. The van der Waals surface area contributed by atoms with E-state index in [1.807, 2.05) is 0 Å². The van der Waals surface area contributed by atoms with Crippen molar-refractivity contribution in [1.29, 1.82) is 0 Å². The predicted octanol–water partition coefficient (Wildman–Crippen LogP) is 1.66. The van der Waals surface area contributed by atoms with Gasteiger partial charge in [0.2, 0.25) is 0 Å². The molecular weight excluding hydrogens is 158 g/mol. The van der Waals surface area contributed by atoms with Crippen LogP contribution in [0.4, 0.5) is 0 Å². The van der Waals surface area contributed by atoms with Gasteiger partial charge in [-0.25, -0.2) is 0 Å². The van der Waals surface area contributed by atoms with Gasteiger partial charge in [0.05, 0.1) is 0 Å². The van der Waals surface area contributed by atoms with Gasteiger partial charge in [-0.1, -0.05) is 12.2 Å². The van der Waals surface area contributed by atoms with Gasteiger partial charge in [-0.3, -0.25) is 0 Å². The second-order valence-corrected chi connectivity index (χ2v) is 5.43. The fourth-order valence-electron chi connectivity index (χ4n) is 4.65. The molecule has 0 aromatic heterocycles. The van der Waals surface area contributed by atoms with Crippen molar-refractivity contribution in [3.63, 3.8) is 0 Å². The Bertz CT molecular complexity index is 244. The second-order valence-electron chi connectivity index (χ2n) is 5.43. The smallest absolute Gasteiger partial charge is 0.00143 e. The lowest BCUT2D eigenvalue weighted by Crippen LogP contribution is -2.52. The average Bonchev–Trinajstić information content (AvgIpc) is 2.53. The standard InChI is InChI=1S/C12H17N/c1-2-8-7(1)9-3-4-10(8)12-6-13-5-11(9)12/h1-2,7-13H,3-6H2. The molecule has 0 spiro atoms. The van der Waals surface area contributed by atoms with Gasteiger partial charge in [0.1, 0.15) is 0 Å². The van der Waals surface area contributed by atoms with Crippen LogP contribution in [0.1, 0.15) is 12.8 Å². The molecule has 3 saturated carbocycles. The van der Waals surface area contributed by atoms with Crippen LogP contribution in [0.25, 0.3) is 0 Å². The summed E-state index contributed by atoms with van der Waals surface area (Å²) in [6.45, 7) is 2.64. The minimum Gasteiger partial charge on any atom is -0.316 e. The van der Waals surface area contributed by atoms with Gasteiger partial charge in [-0.2, -0.15) is 0 Å². The van der Waals surface area contributed by atoms with E-state index in [-0.39, 0.29) is 0 Å². The summed E-state index contributed by atoms with van der Waals surface area (Å²) in [5, 5.41) is 3.61. The maximum absolute atomic E-state index is 3.61. The van der Waals surface area contributed by atoms with E-state index in [0.29, 0.717) is 0 Å². The van der Waals surface area contributed by atoms with E-state index >= 15 is 0 Å². The molecule has 13 heavy (non-hydrogen) atoms. The molecule has 0 aromatic rings. The highest BCUT2D eigenvalue weighted by Crippen LogP contribution is 2.59. The van der Waals surface area contributed by atoms with Crippen molar-refractivity contribution in [3.05, 3.63) is 12.2 Å². The highest BCUT2D eigenvalue weighted by Gasteiger charge is 2.55. The Morgan fingerprint density at radius 2 is 1.31 bits per heavy atom. The molecule has 1 saturated heterocycles. The van der Waals surface area contributed by atoms with Crippen LogP contribution in [-0.4, -0.2) is 13.1 Å². The summed E-state index contributed by atoms with van der Waals surface area (Å²) >= 11 is 0. The first-order valence-corrected chi connectivity index (χ1v) is 5.84. The summed E-state index contributed by atoms with van der Waals surface area (Å²) in [5.41, 5.74) is 0. The van der Waals surface area contributed by atoms with Crippen molar-refractivity contribution in [3.8, 4) is 0 Å². The Kier molecular flexibility index (Phi) is 1.19. The summed E-state index contributed by atoms with van der Waals surface area (Å²) in [6, 6.07) is 0. The molecule has 0 radical (unpaired) electrons. The lowest BCUT2D eigenvalue weighted by atomic mass is 9.48. The van der Waals surface area contributed by atoms with Crippen LogP contribution in [0.2, 0.25) is 0 Å². The predicted molar refractivity (Wildman–Crippen MR) is 52.2 cm³/mol. The van der Waals surface area contributed by atoms with E-state index < -0.39 is 0 Å². The number of hydrogen-bond donors (Lipinski definition) is 1. The SMILES string of the molecule is C1=CC2C1C1CCC2C2CNCC12. The normalized spacial score (nSPS) is 61.5. The van der Waals surface area contributed by atoms with Crippen LogP contribution >= 0.6 is 0 Å². The molecule has 1 nitrogen and oxygen atoms in total. The van der Waals surface area contributed by atoms with E-state index in [2.05, 4.69) is 17.5 Å². The zero-order valence-corrected chi connectivity index (χ0v) is 7.95. The Morgan fingerprint density at radius 3 is 1.77 bits per heavy atom. The van der Waals surface area contributed by atoms with Crippen LogP contribution in [0, 0.1) is 35.5 Å². The first kappa shape index (κ1) is 7.05. The number of nitrogens with one attached hydrogen (secondary N) is 1. The van der Waals surface area contributed by atoms with Gasteiger partial charge in [0.15, 0.2) is 0 Å². The molecule has 0 aromatic carbocycles. The van der Waals surface area contributed by atoms with Crippen molar-refractivity contribution >= 4 is 0 Å².